The van der Waals surface area contributed by atoms with Crippen LogP contribution in [0.3, 0.4) is 0 Å². The molecule has 7 nitrogen and oxygen atoms in total. The Balaban J connectivity index is 0.00000200. The van der Waals surface area contributed by atoms with E-state index in [4.69, 9.17) is 9.26 Å². The molecule has 2 rings (SSSR count). The van der Waals surface area contributed by atoms with E-state index < -0.39 is 0 Å². The fraction of sp³-hybridized carbons (Fsp3) is 0.500. The molecule has 2 aromatic rings. The first-order valence-corrected chi connectivity index (χ1v) is 6.18. The highest BCUT2D eigenvalue weighted by molar-refractivity contribution is 5.85. The van der Waals surface area contributed by atoms with Crippen LogP contribution in [0.25, 0.3) is 11.5 Å². The van der Waals surface area contributed by atoms with Crippen LogP contribution in [0.2, 0.25) is 0 Å². The van der Waals surface area contributed by atoms with Crippen molar-refractivity contribution in [1.29, 1.82) is 0 Å². The molecule has 2 heterocycles. The Morgan fingerprint density at radius 3 is 2.90 bits per heavy atom. The van der Waals surface area contributed by atoms with Crippen molar-refractivity contribution in [2.45, 2.75) is 26.3 Å². The molecule has 2 aromatic heterocycles. The van der Waals surface area contributed by atoms with Gasteiger partial charge in [0, 0.05) is 6.07 Å². The molecule has 1 unspecified atom stereocenters. The molecule has 0 aliphatic rings. The van der Waals surface area contributed by atoms with Crippen molar-refractivity contribution in [1.82, 2.24) is 25.4 Å². The topological polar surface area (TPSA) is 86.0 Å². The van der Waals surface area contributed by atoms with Gasteiger partial charge in [0.25, 0.3) is 0 Å². The molecule has 0 spiro atoms. The predicted octanol–water partition coefficient (Wildman–Crippen LogP) is 2.02. The van der Waals surface area contributed by atoms with E-state index in [1.165, 1.54) is 6.33 Å². The Labute approximate surface area is 123 Å². The van der Waals surface area contributed by atoms with Crippen LogP contribution in [-0.2, 0) is 0 Å². The monoisotopic (exact) mass is 299 g/mol. The highest BCUT2D eigenvalue weighted by atomic mass is 35.5. The first-order chi connectivity index (χ1) is 9.24. The number of methoxy groups -OCH3 is 1. The quantitative estimate of drug-likeness (QED) is 0.873. The zero-order chi connectivity index (χ0) is 13.7. The van der Waals surface area contributed by atoms with Gasteiger partial charge in [0.1, 0.15) is 12.0 Å². The normalized spacial score (nSPS) is 11.8. The Bertz CT molecular complexity index is 534. The van der Waals surface area contributed by atoms with E-state index in [9.17, 15) is 0 Å². The minimum Gasteiger partial charge on any atom is -0.481 e. The molecule has 0 aliphatic carbocycles. The van der Waals surface area contributed by atoms with E-state index in [2.05, 4.69) is 32.3 Å². The van der Waals surface area contributed by atoms with Crippen LogP contribution >= 0.6 is 12.4 Å². The number of nitrogens with zero attached hydrogens (tertiary/aromatic N) is 4. The van der Waals surface area contributed by atoms with Gasteiger partial charge in [-0.2, -0.15) is 4.98 Å². The molecule has 0 amide bonds. The molecule has 0 aliphatic heterocycles. The third-order valence-corrected chi connectivity index (χ3v) is 2.59. The van der Waals surface area contributed by atoms with Gasteiger partial charge >= 0.3 is 0 Å². The highest BCUT2D eigenvalue weighted by Gasteiger charge is 2.15. The van der Waals surface area contributed by atoms with Crippen molar-refractivity contribution in [3.05, 3.63) is 18.3 Å². The Morgan fingerprint density at radius 1 is 1.40 bits per heavy atom. The van der Waals surface area contributed by atoms with Crippen molar-refractivity contribution < 1.29 is 9.26 Å². The lowest BCUT2D eigenvalue weighted by Crippen LogP contribution is -2.19. The molecular formula is C12H18ClN5O2. The predicted molar refractivity (Wildman–Crippen MR) is 75.8 cm³/mol. The lowest BCUT2D eigenvalue weighted by Gasteiger charge is -2.06. The van der Waals surface area contributed by atoms with Gasteiger partial charge in [-0.15, -0.1) is 12.4 Å². The van der Waals surface area contributed by atoms with E-state index in [0.717, 1.165) is 13.0 Å². The third kappa shape index (κ3) is 3.88. The maximum atomic E-state index is 5.23. The summed E-state index contributed by atoms with van der Waals surface area (Å²) in [4.78, 5) is 12.4. The minimum atomic E-state index is 0. The third-order valence-electron chi connectivity index (χ3n) is 2.59. The van der Waals surface area contributed by atoms with Crippen LogP contribution in [-0.4, -0.2) is 33.8 Å². The summed E-state index contributed by atoms with van der Waals surface area (Å²) in [5.74, 6) is 1.44. The lowest BCUT2D eigenvalue weighted by molar-refractivity contribution is 0.340. The fourth-order valence-corrected chi connectivity index (χ4v) is 1.54. The van der Waals surface area contributed by atoms with Crippen LogP contribution in [0.5, 0.6) is 5.88 Å². The standard InChI is InChI=1S/C12H17N5O2.ClH/c1-4-5-13-8(2)12-16-11(17-19-12)9-6-10(18-3)15-7-14-9;/h6-8,13H,4-5H2,1-3H3;1H. The molecule has 0 saturated heterocycles. The molecule has 110 valence electrons. The van der Waals surface area contributed by atoms with Gasteiger partial charge in [0.15, 0.2) is 0 Å². The first-order valence-electron chi connectivity index (χ1n) is 6.18. The molecular weight excluding hydrogens is 282 g/mol. The van der Waals surface area contributed by atoms with Crippen molar-refractivity contribution in [3.63, 3.8) is 0 Å². The number of rotatable bonds is 6. The molecule has 1 atom stereocenters. The summed E-state index contributed by atoms with van der Waals surface area (Å²) < 4.78 is 10.3. The second kappa shape index (κ2) is 7.76. The van der Waals surface area contributed by atoms with Crippen molar-refractivity contribution in [2.24, 2.45) is 0 Å². The number of nitrogens with one attached hydrogen (secondary N) is 1. The zero-order valence-electron chi connectivity index (χ0n) is 11.7. The lowest BCUT2D eigenvalue weighted by atomic mass is 10.3. The van der Waals surface area contributed by atoms with Crippen LogP contribution < -0.4 is 10.1 Å². The van der Waals surface area contributed by atoms with Gasteiger partial charge in [-0.1, -0.05) is 12.1 Å². The Hall–Kier alpha value is -1.73. The second-order valence-corrected chi connectivity index (χ2v) is 4.08. The molecule has 1 N–H and O–H groups in total. The summed E-state index contributed by atoms with van der Waals surface area (Å²) in [6.07, 6.45) is 2.46. The average Bonchev–Trinajstić information content (AvgIpc) is 2.94. The summed E-state index contributed by atoms with van der Waals surface area (Å²) in [6, 6.07) is 1.68. The maximum absolute atomic E-state index is 5.23. The summed E-state index contributed by atoms with van der Waals surface area (Å²) in [6.45, 7) is 4.99. The van der Waals surface area contributed by atoms with Gasteiger partial charge in [-0.25, -0.2) is 9.97 Å². The maximum Gasteiger partial charge on any atom is 0.243 e. The molecule has 8 heteroatoms. The van der Waals surface area contributed by atoms with Gasteiger partial charge in [0.2, 0.25) is 17.6 Å². The molecule has 0 fully saturated rings. The Kier molecular flexibility index (Phi) is 6.33. The van der Waals surface area contributed by atoms with E-state index >= 15 is 0 Å². The molecule has 20 heavy (non-hydrogen) atoms. The number of halogens is 1. The summed E-state index contributed by atoms with van der Waals surface area (Å²) in [5, 5.41) is 7.20. The van der Waals surface area contributed by atoms with Crippen LogP contribution in [0.1, 0.15) is 32.2 Å². The van der Waals surface area contributed by atoms with Crippen LogP contribution in [0.15, 0.2) is 16.9 Å². The number of hydrogen-bond acceptors (Lipinski definition) is 7. The number of hydrogen-bond donors (Lipinski definition) is 1. The van der Waals surface area contributed by atoms with E-state index in [1.807, 2.05) is 6.92 Å². The summed E-state index contributed by atoms with van der Waals surface area (Å²) >= 11 is 0. The van der Waals surface area contributed by atoms with E-state index in [-0.39, 0.29) is 18.4 Å². The molecule has 0 saturated carbocycles. The second-order valence-electron chi connectivity index (χ2n) is 4.08. The van der Waals surface area contributed by atoms with Gasteiger partial charge in [-0.3, -0.25) is 0 Å². The molecule has 0 aromatic carbocycles. The van der Waals surface area contributed by atoms with E-state index in [0.29, 0.717) is 23.3 Å². The largest absolute Gasteiger partial charge is 0.481 e. The van der Waals surface area contributed by atoms with Gasteiger partial charge in [0.05, 0.1) is 13.2 Å². The van der Waals surface area contributed by atoms with Crippen molar-refractivity contribution in [3.8, 4) is 17.4 Å². The van der Waals surface area contributed by atoms with Crippen molar-refractivity contribution >= 4 is 12.4 Å². The molecule has 0 radical (unpaired) electrons. The number of aromatic nitrogens is 4. The van der Waals surface area contributed by atoms with E-state index in [1.54, 1.807) is 13.2 Å². The van der Waals surface area contributed by atoms with Crippen LogP contribution in [0.4, 0.5) is 0 Å². The smallest absolute Gasteiger partial charge is 0.243 e. The zero-order valence-corrected chi connectivity index (χ0v) is 12.5. The van der Waals surface area contributed by atoms with Gasteiger partial charge in [-0.05, 0) is 19.9 Å². The summed E-state index contributed by atoms with van der Waals surface area (Å²) in [7, 11) is 1.55. The SMILES string of the molecule is CCCNC(C)c1nc(-c2cc(OC)ncn2)no1.Cl. The fourth-order valence-electron chi connectivity index (χ4n) is 1.54. The first kappa shape index (κ1) is 16.3. The number of ether oxygens (including phenoxy) is 1. The Morgan fingerprint density at radius 2 is 2.20 bits per heavy atom. The van der Waals surface area contributed by atoms with Crippen molar-refractivity contribution in [2.75, 3.05) is 13.7 Å². The molecule has 0 bridgehead atoms. The van der Waals surface area contributed by atoms with Crippen LogP contribution in [0, 0.1) is 0 Å². The summed E-state index contributed by atoms with van der Waals surface area (Å²) in [5.41, 5.74) is 0.574. The highest BCUT2D eigenvalue weighted by Crippen LogP contribution is 2.18. The minimum absolute atomic E-state index is 0. The van der Waals surface area contributed by atoms with Gasteiger partial charge < -0.3 is 14.6 Å². The average molecular weight is 300 g/mol.